The molecule has 6 nitrogen and oxygen atoms in total. The van der Waals surface area contributed by atoms with Gasteiger partial charge in [-0.05, 0) is 77.0 Å². The molecule has 0 atom stereocenters. The van der Waals surface area contributed by atoms with Crippen molar-refractivity contribution in [1.82, 2.24) is 15.2 Å². The lowest BCUT2D eigenvalue weighted by molar-refractivity contribution is -0.141. The predicted molar refractivity (Wildman–Crippen MR) is 119 cm³/mol. The van der Waals surface area contributed by atoms with E-state index in [0.29, 0.717) is 31.5 Å². The minimum Gasteiger partial charge on any atom is -0.351 e. The third kappa shape index (κ3) is 6.99. The summed E-state index contributed by atoms with van der Waals surface area (Å²) < 4.78 is 53.0. The van der Waals surface area contributed by atoms with Crippen LogP contribution in [-0.4, -0.2) is 40.3 Å². The highest BCUT2D eigenvalue weighted by Crippen LogP contribution is 2.28. The molecule has 1 aromatic heterocycles. The fourth-order valence-corrected chi connectivity index (χ4v) is 3.75. The normalized spacial score (nSPS) is 15.7. The maximum atomic E-state index is 14.4. The molecule has 1 aliphatic heterocycles. The topological polar surface area (TPSA) is 74.3 Å². The molecule has 34 heavy (non-hydrogen) atoms. The second-order valence-corrected chi connectivity index (χ2v) is 9.46. The van der Waals surface area contributed by atoms with Crippen molar-refractivity contribution < 1.29 is 27.2 Å². The number of likely N-dealkylation sites (tertiary alicyclic amines) is 1. The lowest BCUT2D eigenvalue weighted by atomic mass is 9.94. The van der Waals surface area contributed by atoms with Crippen LogP contribution in [0.25, 0.3) is 0 Å². The summed E-state index contributed by atoms with van der Waals surface area (Å²) >= 11 is 0. The van der Waals surface area contributed by atoms with Crippen molar-refractivity contribution in [3.8, 4) is 0 Å². The van der Waals surface area contributed by atoms with Crippen molar-refractivity contribution in [2.45, 2.75) is 51.9 Å². The molecular formula is C24H28F4N4O2. The Morgan fingerprint density at radius 2 is 1.76 bits per heavy atom. The number of alkyl halides is 3. The van der Waals surface area contributed by atoms with E-state index in [9.17, 15) is 27.2 Å². The zero-order valence-corrected chi connectivity index (χ0v) is 19.3. The summed E-state index contributed by atoms with van der Waals surface area (Å²) in [6.07, 6.45) is -3.36. The molecule has 0 radical (unpaired) electrons. The van der Waals surface area contributed by atoms with Crippen LogP contribution in [-0.2, 0) is 17.5 Å². The molecule has 0 spiro atoms. The van der Waals surface area contributed by atoms with Crippen LogP contribution in [0.2, 0.25) is 0 Å². The number of anilines is 1. The van der Waals surface area contributed by atoms with Crippen LogP contribution in [0.4, 0.5) is 23.2 Å². The zero-order valence-electron chi connectivity index (χ0n) is 19.3. The molecule has 1 saturated heterocycles. The van der Waals surface area contributed by atoms with E-state index in [4.69, 9.17) is 0 Å². The highest BCUT2D eigenvalue weighted by Gasteiger charge is 2.33. The summed E-state index contributed by atoms with van der Waals surface area (Å²) in [6, 6.07) is 7.06. The molecule has 2 amide bonds. The number of carbonyl (C=O) groups is 2. The highest BCUT2D eigenvalue weighted by atomic mass is 19.4. The maximum Gasteiger partial charge on any atom is 0.433 e. The Morgan fingerprint density at radius 3 is 2.38 bits per heavy atom. The van der Waals surface area contributed by atoms with Gasteiger partial charge in [-0.2, -0.15) is 13.2 Å². The number of halogens is 4. The summed E-state index contributed by atoms with van der Waals surface area (Å²) in [7, 11) is 0. The Bertz CT molecular complexity index is 1040. The lowest BCUT2D eigenvalue weighted by Gasteiger charge is -2.33. The number of rotatable bonds is 5. The molecule has 0 saturated carbocycles. The van der Waals surface area contributed by atoms with Crippen molar-refractivity contribution in [1.29, 1.82) is 0 Å². The van der Waals surface area contributed by atoms with Gasteiger partial charge in [-0.15, -0.1) is 0 Å². The number of aromatic nitrogens is 1. The van der Waals surface area contributed by atoms with E-state index in [1.165, 1.54) is 24.3 Å². The van der Waals surface area contributed by atoms with E-state index in [1.807, 2.05) is 25.7 Å². The molecule has 10 heteroatoms. The molecule has 1 fully saturated rings. The molecule has 1 aromatic carbocycles. The SMILES string of the molecule is CC(C)(C)NC(=O)C1CCN(Cc2cc(NC(=O)c3cccc(C(F)(F)F)n3)ccc2F)CC1. The Balaban J connectivity index is 1.62. The molecule has 3 rings (SSSR count). The number of piperidine rings is 1. The smallest absolute Gasteiger partial charge is 0.351 e. The molecule has 2 aromatic rings. The number of hydrogen-bond donors (Lipinski definition) is 2. The Morgan fingerprint density at radius 1 is 1.09 bits per heavy atom. The number of nitrogens with zero attached hydrogens (tertiary/aromatic N) is 2. The fourth-order valence-electron chi connectivity index (χ4n) is 3.75. The third-order valence-electron chi connectivity index (χ3n) is 5.43. The van der Waals surface area contributed by atoms with Crippen LogP contribution in [0.15, 0.2) is 36.4 Å². The van der Waals surface area contributed by atoms with Crippen LogP contribution in [0.1, 0.15) is 55.4 Å². The van der Waals surface area contributed by atoms with E-state index in [1.54, 1.807) is 0 Å². The Labute approximate surface area is 195 Å². The highest BCUT2D eigenvalue weighted by molar-refractivity contribution is 6.02. The van der Waals surface area contributed by atoms with Gasteiger partial charge in [-0.3, -0.25) is 14.5 Å². The van der Waals surface area contributed by atoms with Gasteiger partial charge in [0.05, 0.1) is 0 Å². The standard InChI is InChI=1S/C24H28F4N4O2/c1-23(2,3)31-21(33)15-9-11-32(12-10-15)14-16-13-17(7-8-18(16)25)29-22(34)19-5-4-6-20(30-19)24(26,27)28/h4-8,13,15H,9-12,14H2,1-3H3,(H,29,34)(H,31,33). The molecule has 2 heterocycles. The van der Waals surface area contributed by atoms with Gasteiger partial charge in [-0.1, -0.05) is 6.07 Å². The number of benzene rings is 1. The Kier molecular flexibility index (Phi) is 7.60. The molecule has 2 N–H and O–H groups in total. The summed E-state index contributed by atoms with van der Waals surface area (Å²) in [5.74, 6) is -1.35. The lowest BCUT2D eigenvalue weighted by Crippen LogP contribution is -2.46. The van der Waals surface area contributed by atoms with Crippen LogP contribution in [0.3, 0.4) is 0 Å². The van der Waals surface area contributed by atoms with Crippen LogP contribution in [0.5, 0.6) is 0 Å². The van der Waals surface area contributed by atoms with Crippen molar-refractivity contribution in [2.24, 2.45) is 5.92 Å². The van der Waals surface area contributed by atoms with Gasteiger partial charge in [-0.25, -0.2) is 9.37 Å². The summed E-state index contributed by atoms with van der Waals surface area (Å²) in [5, 5.41) is 5.47. The molecule has 184 valence electrons. The zero-order chi connectivity index (χ0) is 25.1. The second kappa shape index (κ2) is 10.1. The van der Waals surface area contributed by atoms with Crippen molar-refractivity contribution in [3.63, 3.8) is 0 Å². The van der Waals surface area contributed by atoms with E-state index >= 15 is 0 Å². The number of pyridine rings is 1. The first-order chi connectivity index (χ1) is 15.8. The average molecular weight is 481 g/mol. The van der Waals surface area contributed by atoms with Gasteiger partial charge < -0.3 is 10.6 Å². The maximum absolute atomic E-state index is 14.4. The van der Waals surface area contributed by atoms with E-state index < -0.39 is 29.3 Å². The number of hydrogen-bond acceptors (Lipinski definition) is 4. The molecule has 0 unspecified atom stereocenters. The quantitative estimate of drug-likeness (QED) is 0.613. The van der Waals surface area contributed by atoms with Crippen LogP contribution >= 0.6 is 0 Å². The number of nitrogens with one attached hydrogen (secondary N) is 2. The van der Waals surface area contributed by atoms with Crippen molar-refractivity contribution in [3.05, 3.63) is 59.2 Å². The number of amides is 2. The van der Waals surface area contributed by atoms with Crippen molar-refractivity contribution >= 4 is 17.5 Å². The monoisotopic (exact) mass is 480 g/mol. The van der Waals surface area contributed by atoms with Gasteiger partial charge in [0.15, 0.2) is 0 Å². The summed E-state index contributed by atoms with van der Waals surface area (Å²) in [4.78, 5) is 30.2. The van der Waals surface area contributed by atoms with Crippen molar-refractivity contribution in [2.75, 3.05) is 18.4 Å². The first kappa shape index (κ1) is 25.6. The predicted octanol–water partition coefficient (Wildman–Crippen LogP) is 4.62. The van der Waals surface area contributed by atoms with E-state index in [-0.39, 0.29) is 29.6 Å². The molecule has 1 aliphatic rings. The third-order valence-corrected chi connectivity index (χ3v) is 5.43. The molecule has 0 aliphatic carbocycles. The van der Waals surface area contributed by atoms with Crippen LogP contribution < -0.4 is 10.6 Å². The van der Waals surface area contributed by atoms with Crippen LogP contribution in [0, 0.1) is 11.7 Å². The van der Waals surface area contributed by atoms with Gasteiger partial charge in [0.25, 0.3) is 5.91 Å². The number of carbonyl (C=O) groups excluding carboxylic acids is 2. The van der Waals surface area contributed by atoms with E-state index in [0.717, 1.165) is 12.1 Å². The van der Waals surface area contributed by atoms with Gasteiger partial charge in [0.1, 0.15) is 17.2 Å². The van der Waals surface area contributed by atoms with Gasteiger partial charge >= 0.3 is 6.18 Å². The first-order valence-electron chi connectivity index (χ1n) is 11.0. The molecule has 0 bridgehead atoms. The molecular weight excluding hydrogens is 452 g/mol. The van der Waals surface area contributed by atoms with Gasteiger partial charge in [0.2, 0.25) is 5.91 Å². The minimum absolute atomic E-state index is 0.0197. The van der Waals surface area contributed by atoms with E-state index in [2.05, 4.69) is 15.6 Å². The second-order valence-electron chi connectivity index (χ2n) is 9.46. The summed E-state index contributed by atoms with van der Waals surface area (Å²) in [5.41, 5.74) is -1.27. The largest absolute Gasteiger partial charge is 0.433 e. The van der Waals surface area contributed by atoms with Gasteiger partial charge in [0, 0.05) is 29.3 Å². The fraction of sp³-hybridized carbons (Fsp3) is 0.458. The average Bonchev–Trinajstić information content (AvgIpc) is 2.75. The first-order valence-corrected chi connectivity index (χ1v) is 11.0. The Hall–Kier alpha value is -3.01. The minimum atomic E-state index is -4.67. The summed E-state index contributed by atoms with van der Waals surface area (Å²) in [6.45, 7) is 7.30.